The lowest BCUT2D eigenvalue weighted by atomic mass is 9.67. The summed E-state index contributed by atoms with van der Waals surface area (Å²) in [6, 6.07) is 109. The van der Waals surface area contributed by atoms with Crippen molar-refractivity contribution in [3.8, 4) is 66.8 Å². The lowest BCUT2D eigenvalue weighted by Crippen LogP contribution is -2.28. The highest BCUT2D eigenvalue weighted by Crippen LogP contribution is 2.58. The monoisotopic (exact) mass is 915 g/mol. The highest BCUT2D eigenvalue weighted by atomic mass is 15.1. The first-order valence-corrected chi connectivity index (χ1v) is 24.9. The van der Waals surface area contributed by atoms with E-state index in [1.807, 2.05) is 0 Å². The van der Waals surface area contributed by atoms with Crippen LogP contribution in [-0.4, -0.2) is 0 Å². The average Bonchev–Trinajstić information content (AvgIpc) is 3.78. The summed E-state index contributed by atoms with van der Waals surface area (Å²) in [6.45, 7) is 0. The molecule has 0 bridgehead atoms. The van der Waals surface area contributed by atoms with Gasteiger partial charge in [-0.2, -0.15) is 0 Å². The molecule has 0 aromatic heterocycles. The molecule has 0 saturated heterocycles. The molecule has 12 aromatic carbocycles. The number of para-hydroxylation sites is 1. The maximum Gasteiger partial charge on any atom is 0.0713 e. The molecule has 0 saturated carbocycles. The van der Waals surface area contributed by atoms with E-state index in [9.17, 15) is 0 Å². The normalized spacial score (nSPS) is 12.3. The van der Waals surface area contributed by atoms with Crippen LogP contribution in [0.2, 0.25) is 0 Å². The Hall–Kier alpha value is -9.30. The molecule has 338 valence electrons. The van der Waals surface area contributed by atoms with Crippen molar-refractivity contribution >= 4 is 27.8 Å². The SMILES string of the molecule is c1ccc(-c2ccc(-c3ccc(N(c4ccc(-c5cccc6c5-c5ccccc5C6(c5ccccc5)c5ccccc5)cc4)c4ccccc4-c4cccc5cccc(-c6ccccc6)c45)cc3)cc2)cc1. The van der Waals surface area contributed by atoms with Crippen molar-refractivity contribution in [1.29, 1.82) is 0 Å². The zero-order chi connectivity index (χ0) is 47.8. The van der Waals surface area contributed by atoms with E-state index in [2.05, 4.69) is 302 Å². The summed E-state index contributed by atoms with van der Waals surface area (Å²) in [4.78, 5) is 2.44. The molecule has 0 N–H and O–H groups in total. The van der Waals surface area contributed by atoms with E-state index >= 15 is 0 Å². The number of rotatable bonds is 10. The minimum atomic E-state index is -0.469. The molecule has 0 unspecified atom stereocenters. The van der Waals surface area contributed by atoms with Gasteiger partial charge in [0.2, 0.25) is 0 Å². The molecule has 72 heavy (non-hydrogen) atoms. The van der Waals surface area contributed by atoms with E-state index in [1.165, 1.54) is 94.2 Å². The maximum atomic E-state index is 2.44. The Kier molecular flexibility index (Phi) is 10.8. The Morgan fingerprint density at radius 3 is 1.22 bits per heavy atom. The van der Waals surface area contributed by atoms with Crippen molar-refractivity contribution in [2.75, 3.05) is 4.90 Å². The van der Waals surface area contributed by atoms with Gasteiger partial charge in [0.25, 0.3) is 0 Å². The van der Waals surface area contributed by atoms with E-state index in [0.29, 0.717) is 0 Å². The summed E-state index contributed by atoms with van der Waals surface area (Å²) in [7, 11) is 0. The molecule has 0 aliphatic heterocycles. The van der Waals surface area contributed by atoms with Gasteiger partial charge in [-0.1, -0.05) is 267 Å². The first-order chi connectivity index (χ1) is 35.7. The smallest absolute Gasteiger partial charge is 0.0713 e. The first kappa shape index (κ1) is 42.8. The highest BCUT2D eigenvalue weighted by molar-refractivity contribution is 6.09. The molecule has 1 aliphatic rings. The topological polar surface area (TPSA) is 3.24 Å². The van der Waals surface area contributed by atoms with Crippen molar-refractivity contribution in [3.05, 3.63) is 320 Å². The predicted molar refractivity (Wildman–Crippen MR) is 303 cm³/mol. The van der Waals surface area contributed by atoms with E-state index in [4.69, 9.17) is 0 Å². The fraction of sp³-hybridized carbons (Fsp3) is 0.0141. The van der Waals surface area contributed by atoms with E-state index in [1.54, 1.807) is 0 Å². The van der Waals surface area contributed by atoms with Crippen molar-refractivity contribution < 1.29 is 0 Å². The Balaban J connectivity index is 0.961. The van der Waals surface area contributed by atoms with Crippen LogP contribution in [0.3, 0.4) is 0 Å². The summed E-state index contributed by atoms with van der Waals surface area (Å²) < 4.78 is 0. The highest BCUT2D eigenvalue weighted by Gasteiger charge is 2.46. The predicted octanol–water partition coefficient (Wildman–Crippen LogP) is 19.0. The molecule has 13 rings (SSSR count). The van der Waals surface area contributed by atoms with Crippen molar-refractivity contribution in [3.63, 3.8) is 0 Å². The molecule has 0 fully saturated rings. The van der Waals surface area contributed by atoms with Gasteiger partial charge in [0.1, 0.15) is 0 Å². The van der Waals surface area contributed by atoms with E-state index in [-0.39, 0.29) is 0 Å². The van der Waals surface area contributed by atoms with Crippen molar-refractivity contribution in [2.24, 2.45) is 0 Å². The molecule has 0 atom stereocenters. The summed E-state index contributed by atoms with van der Waals surface area (Å²) in [5.74, 6) is 0. The van der Waals surface area contributed by atoms with Gasteiger partial charge in [0, 0.05) is 16.9 Å². The van der Waals surface area contributed by atoms with Gasteiger partial charge in [0.15, 0.2) is 0 Å². The van der Waals surface area contributed by atoms with Crippen molar-refractivity contribution in [1.82, 2.24) is 0 Å². The van der Waals surface area contributed by atoms with Gasteiger partial charge >= 0.3 is 0 Å². The summed E-state index contributed by atoms with van der Waals surface area (Å²) in [5, 5.41) is 2.45. The number of fused-ring (bicyclic) bond motifs is 4. The second-order valence-corrected chi connectivity index (χ2v) is 18.7. The number of benzene rings is 12. The number of nitrogens with zero attached hydrogens (tertiary/aromatic N) is 1. The number of hydrogen-bond acceptors (Lipinski definition) is 1. The van der Waals surface area contributed by atoms with Gasteiger partial charge in [-0.15, -0.1) is 0 Å². The lowest BCUT2D eigenvalue weighted by molar-refractivity contribution is 0.768. The number of hydrogen-bond donors (Lipinski definition) is 0. The van der Waals surface area contributed by atoms with Gasteiger partial charge in [0.05, 0.1) is 11.1 Å². The van der Waals surface area contributed by atoms with Gasteiger partial charge in [-0.3, -0.25) is 0 Å². The molecule has 0 radical (unpaired) electrons. The Labute approximate surface area is 422 Å². The first-order valence-electron chi connectivity index (χ1n) is 24.9. The number of anilines is 3. The van der Waals surface area contributed by atoms with Crippen LogP contribution in [0.5, 0.6) is 0 Å². The zero-order valence-electron chi connectivity index (χ0n) is 39.7. The largest absolute Gasteiger partial charge is 0.310 e. The quantitative estimate of drug-likeness (QED) is 0.132. The second kappa shape index (κ2) is 18.2. The van der Waals surface area contributed by atoms with Crippen LogP contribution in [0, 0.1) is 0 Å². The summed E-state index contributed by atoms with van der Waals surface area (Å²) in [6.07, 6.45) is 0. The molecule has 1 heteroatoms. The molecule has 1 nitrogen and oxygen atoms in total. The molecule has 1 aliphatic carbocycles. The Morgan fingerprint density at radius 2 is 0.625 bits per heavy atom. The molecule has 0 heterocycles. The van der Waals surface area contributed by atoms with E-state index in [0.717, 1.165) is 22.6 Å². The average molecular weight is 916 g/mol. The third kappa shape index (κ3) is 7.25. The van der Waals surface area contributed by atoms with Gasteiger partial charge < -0.3 is 4.90 Å². The third-order valence-corrected chi connectivity index (χ3v) is 14.8. The summed E-state index contributed by atoms with van der Waals surface area (Å²) >= 11 is 0. The molecule has 0 amide bonds. The van der Waals surface area contributed by atoms with Gasteiger partial charge in [-0.25, -0.2) is 0 Å². The molecular formula is C71H49N. The van der Waals surface area contributed by atoms with Crippen LogP contribution in [-0.2, 0) is 5.41 Å². The standard InChI is InChI=1S/C71H49N/c1-5-20-50(21-6-1)51-38-40-52(41-39-51)53-42-46-59(47-43-53)72(68-37-16-14-30-63(68)64-34-18-25-56-24-17-32-61(69(56)64)54-22-7-2-8-23-54)60-48-44-55(45-49-60)62-33-19-36-67-70(62)65-31-13-15-35-66(65)71(67,57-26-9-3-10-27-57)58-28-11-4-12-29-58/h1-49H. The maximum absolute atomic E-state index is 2.44. The molecular weight excluding hydrogens is 867 g/mol. The minimum Gasteiger partial charge on any atom is -0.310 e. The molecule has 12 aromatic rings. The van der Waals surface area contributed by atoms with Crippen LogP contribution < -0.4 is 4.90 Å². The second-order valence-electron chi connectivity index (χ2n) is 18.7. The lowest BCUT2D eigenvalue weighted by Gasteiger charge is -2.34. The van der Waals surface area contributed by atoms with Crippen molar-refractivity contribution in [2.45, 2.75) is 5.41 Å². The van der Waals surface area contributed by atoms with Crippen LogP contribution in [0.15, 0.2) is 297 Å². The van der Waals surface area contributed by atoms with E-state index < -0.39 is 5.41 Å². The fourth-order valence-electron chi connectivity index (χ4n) is 11.6. The van der Waals surface area contributed by atoms with Crippen LogP contribution in [0.25, 0.3) is 77.5 Å². The van der Waals surface area contributed by atoms with Crippen LogP contribution in [0.1, 0.15) is 22.3 Å². The molecule has 0 spiro atoms. The van der Waals surface area contributed by atoms with Gasteiger partial charge in [-0.05, 0) is 125 Å². The Bertz CT molecular complexity index is 3820. The fourth-order valence-corrected chi connectivity index (χ4v) is 11.6. The zero-order valence-corrected chi connectivity index (χ0v) is 39.7. The van der Waals surface area contributed by atoms with Crippen LogP contribution >= 0.6 is 0 Å². The minimum absolute atomic E-state index is 0.469. The van der Waals surface area contributed by atoms with Crippen LogP contribution in [0.4, 0.5) is 17.1 Å². The third-order valence-electron chi connectivity index (χ3n) is 14.8. The Morgan fingerprint density at radius 1 is 0.236 bits per heavy atom. The summed E-state index contributed by atoms with van der Waals surface area (Å²) in [5.41, 5.74) is 22.4.